The van der Waals surface area contributed by atoms with Gasteiger partial charge in [0.15, 0.2) is 0 Å². The van der Waals surface area contributed by atoms with Crippen LogP contribution >= 0.6 is 0 Å². The van der Waals surface area contributed by atoms with Crippen molar-refractivity contribution in [1.29, 1.82) is 0 Å². The first-order chi connectivity index (χ1) is 10.8. The predicted octanol–water partition coefficient (Wildman–Crippen LogP) is 1.57. The molecule has 1 aliphatic rings. The second kappa shape index (κ2) is 7.33. The number of amides is 2. The van der Waals surface area contributed by atoms with Crippen LogP contribution in [0.5, 0.6) is 0 Å². The van der Waals surface area contributed by atoms with Crippen molar-refractivity contribution in [2.45, 2.75) is 51.7 Å². The summed E-state index contributed by atoms with van der Waals surface area (Å²) in [5.41, 5.74) is 0.795. The van der Waals surface area contributed by atoms with Gasteiger partial charge in [0.2, 0.25) is 0 Å². The summed E-state index contributed by atoms with van der Waals surface area (Å²) in [6, 6.07) is 1.72. The number of hydrogen-bond acceptors (Lipinski definition) is 4. The molecule has 0 saturated carbocycles. The number of likely N-dealkylation sites (tertiary alicyclic amines) is 1. The highest BCUT2D eigenvalue weighted by Gasteiger charge is 2.29. The Morgan fingerprint density at radius 2 is 2.17 bits per heavy atom. The van der Waals surface area contributed by atoms with Gasteiger partial charge < -0.3 is 10.2 Å². The minimum Gasteiger partial charge on any atom is -0.332 e. The van der Waals surface area contributed by atoms with Crippen molar-refractivity contribution in [2.75, 3.05) is 18.6 Å². The first-order valence-corrected chi connectivity index (χ1v) is 10.1. The molecule has 0 bridgehead atoms. The second-order valence-corrected chi connectivity index (χ2v) is 8.66. The average molecular weight is 342 g/mol. The number of piperidine rings is 1. The fourth-order valence-electron chi connectivity index (χ4n) is 2.82. The van der Waals surface area contributed by atoms with Crippen molar-refractivity contribution in [3.8, 4) is 0 Å². The molecule has 2 amide bonds. The van der Waals surface area contributed by atoms with Gasteiger partial charge in [-0.2, -0.15) is 5.10 Å². The van der Waals surface area contributed by atoms with Crippen LogP contribution in [0.1, 0.15) is 44.8 Å². The van der Waals surface area contributed by atoms with Crippen molar-refractivity contribution < 1.29 is 13.2 Å². The number of nitrogens with one attached hydrogen (secondary N) is 1. The van der Waals surface area contributed by atoms with Crippen LogP contribution in [0, 0.1) is 0 Å². The van der Waals surface area contributed by atoms with Crippen LogP contribution in [0.3, 0.4) is 0 Å². The third-order valence-electron chi connectivity index (χ3n) is 4.00. The van der Waals surface area contributed by atoms with Crippen LogP contribution in [0.15, 0.2) is 12.3 Å². The maximum absolute atomic E-state index is 12.4. The monoisotopic (exact) mass is 342 g/mol. The number of rotatable bonds is 5. The normalized spacial score (nSPS) is 19.1. The van der Waals surface area contributed by atoms with Crippen LogP contribution in [-0.4, -0.2) is 53.7 Å². The van der Waals surface area contributed by atoms with Crippen molar-refractivity contribution in [2.24, 2.45) is 0 Å². The van der Waals surface area contributed by atoms with Gasteiger partial charge in [-0.05, 0) is 39.2 Å². The first kappa shape index (κ1) is 17.8. The summed E-state index contributed by atoms with van der Waals surface area (Å²) in [5.74, 6) is 0.0302. The lowest BCUT2D eigenvalue weighted by atomic mass is 10.0. The molecule has 1 aromatic heterocycles. The highest BCUT2D eigenvalue weighted by Crippen LogP contribution is 2.18. The molecule has 7 nitrogen and oxygen atoms in total. The molecule has 1 unspecified atom stereocenters. The van der Waals surface area contributed by atoms with Gasteiger partial charge in [-0.1, -0.05) is 0 Å². The Morgan fingerprint density at radius 3 is 2.78 bits per heavy atom. The molecule has 23 heavy (non-hydrogen) atoms. The van der Waals surface area contributed by atoms with E-state index in [0.717, 1.165) is 25.0 Å². The summed E-state index contributed by atoms with van der Waals surface area (Å²) >= 11 is 0. The first-order valence-electron chi connectivity index (χ1n) is 8.02. The Kier molecular flexibility index (Phi) is 5.67. The zero-order valence-corrected chi connectivity index (χ0v) is 14.8. The van der Waals surface area contributed by atoms with E-state index in [-0.39, 0.29) is 23.9 Å². The SMILES string of the molecule is CC(C)n1ccc(CNC(=O)N2CCCCC2CS(C)(=O)=O)n1. The molecular weight excluding hydrogens is 316 g/mol. The summed E-state index contributed by atoms with van der Waals surface area (Å²) in [7, 11) is -3.10. The summed E-state index contributed by atoms with van der Waals surface area (Å²) in [6.07, 6.45) is 5.72. The maximum Gasteiger partial charge on any atom is 0.317 e. The lowest BCUT2D eigenvalue weighted by Crippen LogP contribution is -2.50. The molecule has 1 fully saturated rings. The van der Waals surface area contributed by atoms with Crippen LogP contribution in [0.4, 0.5) is 4.79 Å². The van der Waals surface area contributed by atoms with Crippen molar-refractivity contribution in [3.63, 3.8) is 0 Å². The van der Waals surface area contributed by atoms with Crippen LogP contribution < -0.4 is 5.32 Å². The number of urea groups is 1. The smallest absolute Gasteiger partial charge is 0.317 e. The summed E-state index contributed by atoms with van der Waals surface area (Å²) < 4.78 is 24.9. The van der Waals surface area contributed by atoms with Crippen LogP contribution in [-0.2, 0) is 16.4 Å². The molecule has 1 atom stereocenters. The highest BCUT2D eigenvalue weighted by atomic mass is 32.2. The number of sulfone groups is 1. The molecule has 130 valence electrons. The van der Waals surface area contributed by atoms with Gasteiger partial charge in [0.25, 0.3) is 0 Å². The molecular formula is C15H26N4O3S. The van der Waals surface area contributed by atoms with E-state index >= 15 is 0 Å². The molecule has 1 aromatic rings. The predicted molar refractivity (Wildman–Crippen MR) is 88.9 cm³/mol. The third-order valence-corrected chi connectivity index (χ3v) is 4.99. The minimum atomic E-state index is -3.10. The van der Waals surface area contributed by atoms with Crippen LogP contribution in [0.25, 0.3) is 0 Å². The zero-order chi connectivity index (χ0) is 17.0. The largest absolute Gasteiger partial charge is 0.332 e. The maximum atomic E-state index is 12.4. The lowest BCUT2D eigenvalue weighted by molar-refractivity contribution is 0.158. The van der Waals surface area contributed by atoms with Crippen molar-refractivity contribution in [1.82, 2.24) is 20.0 Å². The molecule has 0 spiro atoms. The van der Waals surface area contributed by atoms with E-state index < -0.39 is 9.84 Å². The summed E-state index contributed by atoms with van der Waals surface area (Å²) in [5, 5.41) is 7.25. The molecule has 1 saturated heterocycles. The Labute approximate surface area is 138 Å². The second-order valence-electron chi connectivity index (χ2n) is 6.47. The van der Waals surface area contributed by atoms with E-state index in [1.807, 2.05) is 30.8 Å². The van der Waals surface area contributed by atoms with Gasteiger partial charge in [0.05, 0.1) is 18.0 Å². The van der Waals surface area contributed by atoms with Crippen molar-refractivity contribution in [3.05, 3.63) is 18.0 Å². The number of hydrogen-bond donors (Lipinski definition) is 1. The quantitative estimate of drug-likeness (QED) is 0.880. The van der Waals surface area contributed by atoms with Gasteiger partial charge >= 0.3 is 6.03 Å². The molecule has 0 aromatic carbocycles. The molecule has 0 aliphatic carbocycles. The lowest BCUT2D eigenvalue weighted by Gasteiger charge is -2.35. The Bertz CT molecular complexity index is 639. The van der Waals surface area contributed by atoms with E-state index in [4.69, 9.17) is 0 Å². The molecule has 1 aliphatic heterocycles. The van der Waals surface area contributed by atoms with Gasteiger partial charge in [-0.3, -0.25) is 4.68 Å². The van der Waals surface area contributed by atoms with Crippen LogP contribution in [0.2, 0.25) is 0 Å². The number of carbonyl (C=O) groups excluding carboxylic acids is 1. The molecule has 1 N–H and O–H groups in total. The standard InChI is InChI=1S/C15H26N4O3S/c1-12(2)19-9-7-13(17-19)10-16-15(20)18-8-5-4-6-14(18)11-23(3,21)22/h7,9,12,14H,4-6,8,10-11H2,1-3H3,(H,16,20). The van der Waals surface area contributed by atoms with E-state index in [1.54, 1.807) is 4.90 Å². The van der Waals surface area contributed by atoms with E-state index in [2.05, 4.69) is 10.4 Å². The Hall–Kier alpha value is -1.57. The van der Waals surface area contributed by atoms with E-state index in [1.165, 1.54) is 6.26 Å². The molecule has 8 heteroatoms. The number of carbonyl (C=O) groups is 1. The summed E-state index contributed by atoms with van der Waals surface area (Å²) in [6.45, 7) is 5.03. The number of aromatic nitrogens is 2. The van der Waals surface area contributed by atoms with E-state index in [9.17, 15) is 13.2 Å². The van der Waals surface area contributed by atoms with E-state index in [0.29, 0.717) is 13.1 Å². The van der Waals surface area contributed by atoms with Gasteiger partial charge in [0, 0.05) is 31.1 Å². The minimum absolute atomic E-state index is 0.0302. The highest BCUT2D eigenvalue weighted by molar-refractivity contribution is 7.90. The summed E-state index contributed by atoms with van der Waals surface area (Å²) in [4.78, 5) is 14.1. The molecule has 2 heterocycles. The number of nitrogens with zero attached hydrogens (tertiary/aromatic N) is 3. The fourth-order valence-corrected chi connectivity index (χ4v) is 3.86. The Morgan fingerprint density at radius 1 is 1.43 bits per heavy atom. The topological polar surface area (TPSA) is 84.3 Å². The van der Waals surface area contributed by atoms with Gasteiger partial charge in [-0.25, -0.2) is 13.2 Å². The molecule has 2 rings (SSSR count). The average Bonchev–Trinajstić information content (AvgIpc) is 2.93. The fraction of sp³-hybridized carbons (Fsp3) is 0.733. The van der Waals surface area contributed by atoms with Crippen molar-refractivity contribution >= 4 is 15.9 Å². The Balaban J connectivity index is 1.94. The van der Waals surface area contributed by atoms with Gasteiger partial charge in [0.1, 0.15) is 9.84 Å². The third kappa shape index (κ3) is 5.23. The zero-order valence-electron chi connectivity index (χ0n) is 14.0. The molecule has 0 radical (unpaired) electrons. The van der Waals surface area contributed by atoms with Gasteiger partial charge in [-0.15, -0.1) is 0 Å².